The van der Waals surface area contributed by atoms with E-state index in [-0.39, 0.29) is 18.6 Å². The third kappa shape index (κ3) is 4.62. The highest BCUT2D eigenvalue weighted by molar-refractivity contribution is 5.92. The van der Waals surface area contributed by atoms with E-state index in [1.54, 1.807) is 24.0 Å². The number of benzene rings is 3. The lowest BCUT2D eigenvalue weighted by molar-refractivity contribution is -0.138. The Hall–Kier alpha value is -4.00. The highest BCUT2D eigenvalue weighted by Crippen LogP contribution is 2.34. The second-order valence-electron chi connectivity index (χ2n) is 8.18. The Morgan fingerprint density at radius 1 is 0.970 bits per heavy atom. The van der Waals surface area contributed by atoms with E-state index in [2.05, 4.69) is 5.32 Å². The van der Waals surface area contributed by atoms with Crippen molar-refractivity contribution in [2.45, 2.75) is 32.5 Å². The van der Waals surface area contributed by atoms with Crippen molar-refractivity contribution in [1.82, 2.24) is 4.90 Å². The van der Waals surface area contributed by atoms with Gasteiger partial charge in [0.15, 0.2) is 17.6 Å². The van der Waals surface area contributed by atoms with E-state index in [4.69, 9.17) is 14.2 Å². The van der Waals surface area contributed by atoms with Crippen molar-refractivity contribution >= 4 is 17.5 Å². The highest BCUT2D eigenvalue weighted by Gasteiger charge is 2.28. The number of hydrogen-bond donors (Lipinski definition) is 1. The molecule has 33 heavy (non-hydrogen) atoms. The summed E-state index contributed by atoms with van der Waals surface area (Å²) < 4.78 is 16.8. The van der Waals surface area contributed by atoms with Crippen LogP contribution in [0.25, 0.3) is 0 Å². The molecule has 2 aliphatic heterocycles. The maximum atomic E-state index is 13.0. The molecule has 3 aromatic carbocycles. The van der Waals surface area contributed by atoms with Gasteiger partial charge in [0.25, 0.3) is 5.91 Å². The standard InChI is InChI=1S/C26H24N2O5/c1-17-26(30)28(14-19-7-9-23-24(11-19)32-16-31-23)15-20-13-21(8-10-22(20)33-17)27-25(29)12-18-5-3-2-4-6-18/h2-11,13,17H,12,14-16H2,1H3,(H,27,29)/t17-/m1/s1. The molecule has 0 aliphatic carbocycles. The monoisotopic (exact) mass is 444 g/mol. The van der Waals surface area contributed by atoms with Crippen LogP contribution in [0.4, 0.5) is 5.69 Å². The minimum Gasteiger partial charge on any atom is -0.481 e. The lowest BCUT2D eigenvalue weighted by atomic mass is 10.1. The predicted octanol–water partition coefficient (Wildman–Crippen LogP) is 3.91. The summed E-state index contributed by atoms with van der Waals surface area (Å²) >= 11 is 0. The second-order valence-corrected chi connectivity index (χ2v) is 8.18. The Labute approximate surface area is 191 Å². The molecule has 2 amide bonds. The lowest BCUT2D eigenvalue weighted by Crippen LogP contribution is -2.37. The normalized spacial score (nSPS) is 16.6. The van der Waals surface area contributed by atoms with Crippen LogP contribution in [0.5, 0.6) is 17.2 Å². The number of fused-ring (bicyclic) bond motifs is 2. The number of ether oxygens (including phenoxy) is 3. The first-order valence-corrected chi connectivity index (χ1v) is 10.9. The van der Waals surface area contributed by atoms with E-state index in [1.165, 1.54) is 0 Å². The van der Waals surface area contributed by atoms with E-state index >= 15 is 0 Å². The molecular formula is C26H24N2O5. The first-order chi connectivity index (χ1) is 16.0. The van der Waals surface area contributed by atoms with Crippen molar-refractivity contribution < 1.29 is 23.8 Å². The molecule has 2 heterocycles. The number of carbonyl (C=O) groups is 2. The molecule has 0 bridgehead atoms. The summed E-state index contributed by atoms with van der Waals surface area (Å²) in [4.78, 5) is 27.2. The van der Waals surface area contributed by atoms with Gasteiger partial charge in [-0.1, -0.05) is 36.4 Å². The van der Waals surface area contributed by atoms with Crippen LogP contribution in [0.2, 0.25) is 0 Å². The van der Waals surface area contributed by atoms with Gasteiger partial charge in [-0.25, -0.2) is 0 Å². The quantitative estimate of drug-likeness (QED) is 0.646. The molecule has 5 rings (SSSR count). The van der Waals surface area contributed by atoms with Crippen molar-refractivity contribution in [3.63, 3.8) is 0 Å². The summed E-state index contributed by atoms with van der Waals surface area (Å²) in [7, 11) is 0. The molecule has 1 atom stereocenters. The van der Waals surface area contributed by atoms with Crippen LogP contribution >= 0.6 is 0 Å². The molecular weight excluding hydrogens is 420 g/mol. The zero-order chi connectivity index (χ0) is 22.8. The van der Waals surface area contributed by atoms with Crippen LogP contribution in [0, 0.1) is 0 Å². The predicted molar refractivity (Wildman–Crippen MR) is 122 cm³/mol. The SMILES string of the molecule is C[C@H]1Oc2ccc(NC(=O)Cc3ccccc3)cc2CN(Cc2ccc3c(c2)OCO3)C1=O. The number of rotatable bonds is 5. The Balaban J connectivity index is 1.33. The van der Waals surface area contributed by atoms with Gasteiger partial charge in [0.1, 0.15) is 5.75 Å². The van der Waals surface area contributed by atoms with Crippen molar-refractivity contribution in [3.05, 3.63) is 83.4 Å². The molecule has 0 fully saturated rings. The fourth-order valence-electron chi connectivity index (χ4n) is 4.06. The Morgan fingerprint density at radius 3 is 2.61 bits per heavy atom. The Bertz CT molecular complexity index is 1190. The number of carbonyl (C=O) groups excluding carboxylic acids is 2. The van der Waals surface area contributed by atoms with Crippen molar-refractivity contribution in [1.29, 1.82) is 0 Å². The summed E-state index contributed by atoms with van der Waals surface area (Å²) in [5.74, 6) is 1.84. The Morgan fingerprint density at radius 2 is 1.76 bits per heavy atom. The van der Waals surface area contributed by atoms with E-state index < -0.39 is 6.10 Å². The minimum absolute atomic E-state index is 0.0986. The van der Waals surface area contributed by atoms with Crippen molar-refractivity contribution in [2.24, 2.45) is 0 Å². The van der Waals surface area contributed by atoms with Crippen molar-refractivity contribution in [3.8, 4) is 17.2 Å². The Kier molecular flexibility index (Phi) is 5.60. The highest BCUT2D eigenvalue weighted by atomic mass is 16.7. The summed E-state index contributed by atoms with van der Waals surface area (Å²) in [6.45, 7) is 2.74. The van der Waals surface area contributed by atoms with Crippen LogP contribution in [0.3, 0.4) is 0 Å². The van der Waals surface area contributed by atoms with Gasteiger partial charge < -0.3 is 24.4 Å². The minimum atomic E-state index is -0.612. The average molecular weight is 444 g/mol. The third-order valence-corrected chi connectivity index (χ3v) is 5.69. The largest absolute Gasteiger partial charge is 0.481 e. The molecule has 0 saturated heterocycles. The molecule has 7 nitrogen and oxygen atoms in total. The smallest absolute Gasteiger partial charge is 0.263 e. The number of nitrogens with one attached hydrogen (secondary N) is 1. The molecule has 0 unspecified atom stereocenters. The van der Waals surface area contributed by atoms with Crippen LogP contribution in [-0.2, 0) is 29.1 Å². The number of hydrogen-bond acceptors (Lipinski definition) is 5. The molecule has 3 aromatic rings. The summed E-state index contributed by atoms with van der Waals surface area (Å²) in [5.41, 5.74) is 3.40. The summed E-state index contributed by atoms with van der Waals surface area (Å²) in [5, 5.41) is 2.95. The van der Waals surface area contributed by atoms with E-state index in [0.717, 1.165) is 16.7 Å². The maximum Gasteiger partial charge on any atom is 0.263 e. The zero-order valence-electron chi connectivity index (χ0n) is 18.2. The third-order valence-electron chi connectivity index (χ3n) is 5.69. The molecule has 0 radical (unpaired) electrons. The van der Waals surface area contributed by atoms with E-state index in [9.17, 15) is 9.59 Å². The molecule has 168 valence electrons. The van der Waals surface area contributed by atoms with Crippen LogP contribution < -0.4 is 19.5 Å². The van der Waals surface area contributed by atoms with Crippen LogP contribution in [-0.4, -0.2) is 29.6 Å². The number of nitrogens with zero attached hydrogens (tertiary/aromatic N) is 1. The zero-order valence-corrected chi connectivity index (χ0v) is 18.2. The van der Waals surface area contributed by atoms with E-state index in [1.807, 2.05) is 54.6 Å². The van der Waals surface area contributed by atoms with Crippen LogP contribution in [0.1, 0.15) is 23.6 Å². The van der Waals surface area contributed by atoms with Gasteiger partial charge in [0, 0.05) is 24.3 Å². The maximum absolute atomic E-state index is 13.0. The van der Waals surface area contributed by atoms with Crippen molar-refractivity contribution in [2.75, 3.05) is 12.1 Å². The fraction of sp³-hybridized carbons (Fsp3) is 0.231. The van der Waals surface area contributed by atoms with Gasteiger partial charge in [-0.3, -0.25) is 9.59 Å². The van der Waals surface area contributed by atoms with Gasteiger partial charge in [-0.05, 0) is 48.4 Å². The second kappa shape index (κ2) is 8.86. The fourth-order valence-corrected chi connectivity index (χ4v) is 4.06. The van der Waals surface area contributed by atoms with Gasteiger partial charge >= 0.3 is 0 Å². The topological polar surface area (TPSA) is 77.1 Å². The number of anilines is 1. The molecule has 7 heteroatoms. The van der Waals surface area contributed by atoms with E-state index in [0.29, 0.717) is 42.4 Å². The summed E-state index contributed by atoms with van der Waals surface area (Å²) in [6.07, 6.45) is -0.320. The van der Waals surface area contributed by atoms with Gasteiger partial charge in [-0.2, -0.15) is 0 Å². The molecule has 0 saturated carbocycles. The first-order valence-electron chi connectivity index (χ1n) is 10.9. The first kappa shape index (κ1) is 20.9. The molecule has 2 aliphatic rings. The van der Waals surface area contributed by atoms with Gasteiger partial charge in [0.2, 0.25) is 12.7 Å². The average Bonchev–Trinajstić information content (AvgIpc) is 3.24. The van der Waals surface area contributed by atoms with Gasteiger partial charge in [-0.15, -0.1) is 0 Å². The molecule has 0 aromatic heterocycles. The van der Waals surface area contributed by atoms with Crippen LogP contribution in [0.15, 0.2) is 66.7 Å². The lowest BCUT2D eigenvalue weighted by Gasteiger charge is -2.22. The molecule has 1 N–H and O–H groups in total. The molecule has 0 spiro atoms. The van der Waals surface area contributed by atoms with Gasteiger partial charge in [0.05, 0.1) is 6.42 Å². The summed E-state index contributed by atoms with van der Waals surface area (Å²) in [6, 6.07) is 20.7. The number of amides is 2.